The standard InChI is InChI=1S/C18H22N4O3/c1-25-16-5-3-15(4-6-16)22-12-14(11-17(22)23)18(24)20-7-2-9-21-10-8-19-13-21/h3-6,8,10,13-14H,2,7,9,11-12H2,1H3,(H,20,24). The van der Waals surface area contributed by atoms with Crippen molar-refractivity contribution in [3.63, 3.8) is 0 Å². The zero-order chi connectivity index (χ0) is 17.6. The first-order valence-corrected chi connectivity index (χ1v) is 8.35. The second kappa shape index (κ2) is 7.83. The number of nitrogens with zero attached hydrogens (tertiary/aromatic N) is 3. The van der Waals surface area contributed by atoms with Gasteiger partial charge in [0.2, 0.25) is 11.8 Å². The number of benzene rings is 1. The summed E-state index contributed by atoms with van der Waals surface area (Å²) < 4.78 is 7.10. The molecular formula is C18H22N4O3. The van der Waals surface area contributed by atoms with Crippen molar-refractivity contribution in [1.29, 1.82) is 0 Å². The van der Waals surface area contributed by atoms with E-state index < -0.39 is 0 Å². The number of imidazole rings is 1. The fourth-order valence-electron chi connectivity index (χ4n) is 2.93. The van der Waals surface area contributed by atoms with Gasteiger partial charge in [-0.15, -0.1) is 0 Å². The van der Waals surface area contributed by atoms with E-state index in [1.165, 1.54) is 0 Å². The van der Waals surface area contributed by atoms with Gasteiger partial charge in [0.25, 0.3) is 0 Å². The Morgan fingerprint density at radius 3 is 2.84 bits per heavy atom. The van der Waals surface area contributed by atoms with Crippen LogP contribution in [0.25, 0.3) is 0 Å². The van der Waals surface area contributed by atoms with Crippen LogP contribution in [0.4, 0.5) is 5.69 Å². The second-order valence-electron chi connectivity index (χ2n) is 6.05. The lowest BCUT2D eigenvalue weighted by Gasteiger charge is -2.17. The Labute approximate surface area is 146 Å². The van der Waals surface area contributed by atoms with Crippen LogP contribution in [-0.2, 0) is 16.1 Å². The highest BCUT2D eigenvalue weighted by Gasteiger charge is 2.34. The minimum atomic E-state index is -0.303. The zero-order valence-electron chi connectivity index (χ0n) is 14.2. The van der Waals surface area contributed by atoms with E-state index in [0.717, 1.165) is 24.4 Å². The molecule has 132 valence electrons. The molecule has 1 aliphatic rings. The van der Waals surface area contributed by atoms with Crippen molar-refractivity contribution in [1.82, 2.24) is 14.9 Å². The molecule has 25 heavy (non-hydrogen) atoms. The minimum absolute atomic E-state index is 0.0243. The molecule has 0 aliphatic carbocycles. The van der Waals surface area contributed by atoms with Crippen LogP contribution in [0.1, 0.15) is 12.8 Å². The summed E-state index contributed by atoms with van der Waals surface area (Å²) in [5, 5.41) is 2.93. The summed E-state index contributed by atoms with van der Waals surface area (Å²) in [6, 6.07) is 7.29. The molecule has 1 N–H and O–H groups in total. The van der Waals surface area contributed by atoms with Crippen LogP contribution < -0.4 is 15.0 Å². The minimum Gasteiger partial charge on any atom is -0.497 e. The highest BCUT2D eigenvalue weighted by molar-refractivity contribution is 6.00. The first kappa shape index (κ1) is 17.0. The third-order valence-electron chi connectivity index (χ3n) is 4.33. The van der Waals surface area contributed by atoms with Gasteiger partial charge < -0.3 is 19.5 Å². The molecule has 0 radical (unpaired) electrons. The van der Waals surface area contributed by atoms with E-state index in [0.29, 0.717) is 13.1 Å². The molecule has 1 saturated heterocycles. The first-order valence-electron chi connectivity index (χ1n) is 8.35. The van der Waals surface area contributed by atoms with Crippen LogP contribution in [0.2, 0.25) is 0 Å². The molecule has 1 unspecified atom stereocenters. The number of methoxy groups -OCH3 is 1. The zero-order valence-corrected chi connectivity index (χ0v) is 14.2. The molecular weight excluding hydrogens is 320 g/mol. The Morgan fingerprint density at radius 2 is 2.16 bits per heavy atom. The van der Waals surface area contributed by atoms with Gasteiger partial charge in [0.15, 0.2) is 0 Å². The smallest absolute Gasteiger partial charge is 0.227 e. The highest BCUT2D eigenvalue weighted by atomic mass is 16.5. The van der Waals surface area contributed by atoms with Crippen molar-refractivity contribution in [2.75, 3.05) is 25.1 Å². The number of anilines is 1. The molecule has 3 rings (SSSR count). The number of ether oxygens (including phenoxy) is 1. The number of hydrogen-bond acceptors (Lipinski definition) is 4. The maximum absolute atomic E-state index is 12.3. The predicted octanol–water partition coefficient (Wildman–Crippen LogP) is 1.45. The molecule has 0 bridgehead atoms. The van der Waals surface area contributed by atoms with Gasteiger partial charge in [0.05, 0.1) is 19.4 Å². The molecule has 2 aromatic rings. The average molecular weight is 342 g/mol. The Bertz CT molecular complexity index is 712. The largest absolute Gasteiger partial charge is 0.497 e. The Balaban J connectivity index is 1.48. The monoisotopic (exact) mass is 342 g/mol. The Morgan fingerprint density at radius 1 is 1.36 bits per heavy atom. The summed E-state index contributed by atoms with van der Waals surface area (Å²) in [5.41, 5.74) is 0.793. The summed E-state index contributed by atoms with van der Waals surface area (Å²) >= 11 is 0. The van der Waals surface area contributed by atoms with Gasteiger partial charge >= 0.3 is 0 Å². The molecule has 1 atom stereocenters. The molecule has 1 aromatic carbocycles. The number of carbonyl (C=O) groups excluding carboxylic acids is 2. The van der Waals surface area contributed by atoms with Crippen molar-refractivity contribution < 1.29 is 14.3 Å². The van der Waals surface area contributed by atoms with Crippen LogP contribution in [0.5, 0.6) is 5.75 Å². The fourth-order valence-corrected chi connectivity index (χ4v) is 2.93. The number of carbonyl (C=O) groups is 2. The summed E-state index contributed by atoms with van der Waals surface area (Å²) in [7, 11) is 1.60. The number of rotatable bonds is 7. The van der Waals surface area contributed by atoms with Gasteiger partial charge in [-0.05, 0) is 30.7 Å². The third-order valence-corrected chi connectivity index (χ3v) is 4.33. The lowest BCUT2D eigenvalue weighted by molar-refractivity contribution is -0.126. The van der Waals surface area contributed by atoms with Crippen LogP contribution >= 0.6 is 0 Å². The molecule has 1 aliphatic heterocycles. The molecule has 7 nitrogen and oxygen atoms in total. The topological polar surface area (TPSA) is 76.5 Å². The van der Waals surface area contributed by atoms with E-state index in [-0.39, 0.29) is 24.2 Å². The van der Waals surface area contributed by atoms with E-state index in [1.54, 1.807) is 24.5 Å². The Hall–Kier alpha value is -2.83. The third kappa shape index (κ3) is 4.17. The highest BCUT2D eigenvalue weighted by Crippen LogP contribution is 2.26. The van der Waals surface area contributed by atoms with E-state index in [2.05, 4.69) is 10.3 Å². The van der Waals surface area contributed by atoms with Gasteiger partial charge in [0, 0.05) is 44.1 Å². The second-order valence-corrected chi connectivity index (χ2v) is 6.05. The number of aromatic nitrogens is 2. The predicted molar refractivity (Wildman–Crippen MR) is 93.3 cm³/mol. The van der Waals surface area contributed by atoms with E-state index >= 15 is 0 Å². The van der Waals surface area contributed by atoms with E-state index in [9.17, 15) is 9.59 Å². The molecule has 2 heterocycles. The molecule has 0 spiro atoms. The van der Waals surface area contributed by atoms with E-state index in [1.807, 2.05) is 35.0 Å². The summed E-state index contributed by atoms with van der Waals surface area (Å²) in [6.07, 6.45) is 6.45. The van der Waals surface area contributed by atoms with Crippen molar-refractivity contribution in [2.45, 2.75) is 19.4 Å². The lowest BCUT2D eigenvalue weighted by atomic mass is 10.1. The number of nitrogens with one attached hydrogen (secondary N) is 1. The van der Waals surface area contributed by atoms with Gasteiger partial charge in [0.1, 0.15) is 5.75 Å². The van der Waals surface area contributed by atoms with Crippen LogP contribution in [0.15, 0.2) is 43.0 Å². The van der Waals surface area contributed by atoms with Gasteiger partial charge in [-0.3, -0.25) is 9.59 Å². The number of hydrogen-bond donors (Lipinski definition) is 1. The van der Waals surface area contributed by atoms with Crippen molar-refractivity contribution in [3.05, 3.63) is 43.0 Å². The van der Waals surface area contributed by atoms with Gasteiger partial charge in [-0.2, -0.15) is 0 Å². The van der Waals surface area contributed by atoms with Gasteiger partial charge in [-0.1, -0.05) is 0 Å². The van der Waals surface area contributed by atoms with Crippen LogP contribution in [0, 0.1) is 5.92 Å². The summed E-state index contributed by atoms with van der Waals surface area (Å²) in [5.74, 6) is 0.351. The van der Waals surface area contributed by atoms with E-state index in [4.69, 9.17) is 4.74 Å². The first-order chi connectivity index (χ1) is 12.2. The van der Waals surface area contributed by atoms with Crippen LogP contribution in [-0.4, -0.2) is 41.6 Å². The van der Waals surface area contributed by atoms with Crippen LogP contribution in [0.3, 0.4) is 0 Å². The molecule has 0 saturated carbocycles. The summed E-state index contributed by atoms with van der Waals surface area (Å²) in [4.78, 5) is 30.2. The quantitative estimate of drug-likeness (QED) is 0.773. The van der Waals surface area contributed by atoms with Crippen molar-refractivity contribution >= 4 is 17.5 Å². The maximum Gasteiger partial charge on any atom is 0.227 e. The maximum atomic E-state index is 12.3. The molecule has 2 amide bonds. The normalized spacial score (nSPS) is 16.9. The molecule has 7 heteroatoms. The van der Waals surface area contributed by atoms with Crippen molar-refractivity contribution in [2.24, 2.45) is 5.92 Å². The molecule has 1 fully saturated rings. The average Bonchev–Trinajstić information content (AvgIpc) is 3.28. The number of aryl methyl sites for hydroxylation is 1. The number of amides is 2. The fraction of sp³-hybridized carbons (Fsp3) is 0.389. The lowest BCUT2D eigenvalue weighted by Crippen LogP contribution is -2.33. The SMILES string of the molecule is COc1ccc(N2CC(C(=O)NCCCn3ccnc3)CC2=O)cc1. The van der Waals surface area contributed by atoms with Crippen molar-refractivity contribution in [3.8, 4) is 5.75 Å². The Kier molecular flexibility index (Phi) is 5.33. The van der Waals surface area contributed by atoms with Gasteiger partial charge in [-0.25, -0.2) is 4.98 Å². The summed E-state index contributed by atoms with van der Waals surface area (Å²) in [6.45, 7) is 1.81. The molecule has 1 aromatic heterocycles.